The molecule has 1 saturated heterocycles. The summed E-state index contributed by atoms with van der Waals surface area (Å²) >= 11 is 5.54. The Morgan fingerprint density at radius 2 is 1.74 bits per heavy atom. The van der Waals surface area contributed by atoms with Crippen LogP contribution in [0.3, 0.4) is 0 Å². The van der Waals surface area contributed by atoms with Crippen LogP contribution in [-0.2, 0) is 36.8 Å². The van der Waals surface area contributed by atoms with Crippen molar-refractivity contribution in [3.63, 3.8) is 0 Å². The molecule has 9 nitrogen and oxygen atoms in total. The summed E-state index contributed by atoms with van der Waals surface area (Å²) in [7, 11) is 0. The summed E-state index contributed by atoms with van der Waals surface area (Å²) in [6, 6.07) is 19.9. The summed E-state index contributed by atoms with van der Waals surface area (Å²) in [5.41, 5.74) is 3.16. The van der Waals surface area contributed by atoms with Crippen LogP contribution in [0.25, 0.3) is 0 Å². The number of β-lactam (4-membered cyclic amide) rings is 1. The molecule has 6 rings (SSSR count). The Bertz CT molecular complexity index is 1690. The van der Waals surface area contributed by atoms with Crippen LogP contribution in [0.5, 0.6) is 0 Å². The molecular weight excluding hydrogens is 690 g/mol. The van der Waals surface area contributed by atoms with Crippen LogP contribution >= 0.6 is 46.2 Å². The molecular formula is C32H26KN3O6S4. The van der Waals surface area contributed by atoms with Crippen LogP contribution in [0.1, 0.15) is 34.9 Å². The second-order valence-electron chi connectivity index (χ2n) is 10.2. The van der Waals surface area contributed by atoms with Crippen molar-refractivity contribution < 1.29 is 80.4 Å². The molecule has 2 atom stereocenters. The molecule has 2 amide bonds. The standard InChI is InChI=1S/C32H27N3O6S4.K/c36-24(15-19-13-14-42-16-19)34-26-29(39)35-27(23(18-43-30(26)35)45-32-33-22(17-44-32)11-12-25(37)38)31(40)41-28(20-7-3-1-4-8-20)21-9-5-2-6-10-21;/h1-10,13-14,16-17,26,28,30H,11-12,15,18H2,(H,34,36)(H,37,38);/q;+1/p-1/t26-,30+;/m1./s1. The average Bonchev–Trinajstić information content (AvgIpc) is 3.74. The zero-order chi connectivity index (χ0) is 31.3. The van der Waals surface area contributed by atoms with Crippen LogP contribution in [0.2, 0.25) is 0 Å². The number of hydrogen-bond acceptors (Lipinski definition) is 11. The number of carboxylic acid groups (broad SMARTS) is 1. The number of amides is 2. The number of rotatable bonds is 12. The van der Waals surface area contributed by atoms with Crippen LogP contribution in [0, 0.1) is 0 Å². The number of carbonyl (C=O) groups excluding carboxylic acids is 4. The van der Waals surface area contributed by atoms with E-state index in [1.54, 1.807) is 5.38 Å². The van der Waals surface area contributed by atoms with Gasteiger partial charge in [-0.25, -0.2) is 9.78 Å². The first kappa shape index (κ1) is 35.0. The quantitative estimate of drug-likeness (QED) is 0.131. The minimum Gasteiger partial charge on any atom is -0.550 e. The average molecular weight is 716 g/mol. The minimum absolute atomic E-state index is 0. The first-order valence-corrected chi connectivity index (χ1v) is 17.7. The number of nitrogens with one attached hydrogen (secondary N) is 1. The van der Waals surface area contributed by atoms with Gasteiger partial charge in [-0.3, -0.25) is 14.5 Å². The Labute approximate surface area is 324 Å². The van der Waals surface area contributed by atoms with Crippen LogP contribution in [0.15, 0.2) is 97.8 Å². The first-order valence-electron chi connectivity index (χ1n) is 14.0. The Kier molecular flexibility index (Phi) is 12.4. The normalized spacial score (nSPS) is 17.2. The van der Waals surface area contributed by atoms with Crippen molar-refractivity contribution >= 4 is 70.0 Å². The van der Waals surface area contributed by atoms with Crippen molar-refractivity contribution in [3.05, 3.63) is 116 Å². The van der Waals surface area contributed by atoms with E-state index in [0.29, 0.717) is 20.7 Å². The third kappa shape index (κ3) is 8.23. The van der Waals surface area contributed by atoms with Crippen molar-refractivity contribution in [2.75, 3.05) is 5.75 Å². The fourth-order valence-electron chi connectivity index (χ4n) is 4.99. The van der Waals surface area contributed by atoms with Gasteiger partial charge in [0.1, 0.15) is 17.1 Å². The van der Waals surface area contributed by atoms with E-state index in [4.69, 9.17) is 4.74 Å². The van der Waals surface area contributed by atoms with Crippen molar-refractivity contribution in [1.82, 2.24) is 15.2 Å². The first-order chi connectivity index (χ1) is 21.9. The fourth-order valence-corrected chi connectivity index (χ4v) is 9.17. The van der Waals surface area contributed by atoms with Gasteiger partial charge >= 0.3 is 57.4 Å². The largest absolute Gasteiger partial charge is 1.00 e. The van der Waals surface area contributed by atoms with Gasteiger partial charge in [-0.1, -0.05) is 72.4 Å². The van der Waals surface area contributed by atoms with Gasteiger partial charge in [0.2, 0.25) is 5.91 Å². The van der Waals surface area contributed by atoms with E-state index in [1.165, 1.54) is 51.1 Å². The number of esters is 1. The van der Waals surface area contributed by atoms with E-state index < -0.39 is 29.5 Å². The molecule has 1 fully saturated rings. The van der Waals surface area contributed by atoms with Gasteiger partial charge in [-0.2, -0.15) is 11.3 Å². The molecule has 0 bridgehead atoms. The number of benzene rings is 2. The number of thiazole rings is 1. The second kappa shape index (κ2) is 16.2. The third-order valence-electron chi connectivity index (χ3n) is 7.14. The molecule has 1 N–H and O–H groups in total. The molecule has 0 saturated carbocycles. The number of thiophene rings is 1. The van der Waals surface area contributed by atoms with Gasteiger partial charge < -0.3 is 20.0 Å². The Balaban J connectivity index is 0.00000417. The molecule has 2 aliphatic rings. The minimum atomic E-state index is -1.15. The number of fused-ring (bicyclic) bond motifs is 1. The number of carbonyl (C=O) groups is 4. The Morgan fingerprint density at radius 1 is 1.04 bits per heavy atom. The monoisotopic (exact) mass is 715 g/mol. The number of nitrogens with zero attached hydrogens (tertiary/aromatic N) is 2. The molecule has 14 heteroatoms. The zero-order valence-electron chi connectivity index (χ0n) is 24.6. The fraction of sp³-hybridized carbons (Fsp3) is 0.219. The maximum atomic E-state index is 14.1. The number of thioether (sulfide) groups is 2. The van der Waals surface area contributed by atoms with Gasteiger partial charge in [0.25, 0.3) is 5.91 Å². The summed E-state index contributed by atoms with van der Waals surface area (Å²) in [6.45, 7) is 0. The predicted octanol–water partition coefficient (Wildman–Crippen LogP) is 1.17. The molecule has 0 unspecified atom stereocenters. The van der Waals surface area contributed by atoms with Gasteiger partial charge in [-0.05, 0) is 46.4 Å². The number of ether oxygens (including phenoxy) is 1. The number of aryl methyl sites for hydroxylation is 1. The molecule has 4 aromatic rings. The third-order valence-corrected chi connectivity index (χ3v) is 11.4. The summed E-state index contributed by atoms with van der Waals surface area (Å²) in [5, 5.41) is 18.9. The number of aliphatic carboxylic acids is 1. The molecule has 0 radical (unpaired) electrons. The van der Waals surface area contributed by atoms with Crippen molar-refractivity contribution in [1.29, 1.82) is 0 Å². The van der Waals surface area contributed by atoms with Crippen molar-refractivity contribution in [2.45, 2.75) is 41.1 Å². The second-order valence-corrected chi connectivity index (χ2v) is 14.3. The van der Waals surface area contributed by atoms with E-state index in [2.05, 4.69) is 10.3 Å². The molecule has 46 heavy (non-hydrogen) atoms. The van der Waals surface area contributed by atoms with E-state index in [1.807, 2.05) is 77.5 Å². The van der Waals surface area contributed by atoms with E-state index in [-0.39, 0.29) is 88.2 Å². The van der Waals surface area contributed by atoms with E-state index in [0.717, 1.165) is 16.7 Å². The summed E-state index contributed by atoms with van der Waals surface area (Å²) in [4.78, 5) is 58.0. The molecule has 2 aromatic carbocycles. The summed E-state index contributed by atoms with van der Waals surface area (Å²) in [6.07, 6.45) is -0.470. The van der Waals surface area contributed by atoms with Crippen molar-refractivity contribution in [2.24, 2.45) is 0 Å². The van der Waals surface area contributed by atoms with Gasteiger partial charge in [0, 0.05) is 22.0 Å². The van der Waals surface area contributed by atoms with E-state index >= 15 is 0 Å². The molecule has 0 spiro atoms. The van der Waals surface area contributed by atoms with Crippen LogP contribution in [-0.4, -0.2) is 50.8 Å². The zero-order valence-corrected chi connectivity index (χ0v) is 31.0. The van der Waals surface area contributed by atoms with Gasteiger partial charge in [0.05, 0.1) is 12.1 Å². The smallest absolute Gasteiger partial charge is 0.550 e. The number of carboxylic acids is 1. The SMILES string of the molecule is O=C([O-])CCc1csc(SC2=C(C(=O)OC(c3ccccc3)c3ccccc3)N3C(=O)[C@@H](NC(=O)Cc4ccsc4)[C@@H]3SC2)n1.[K+]. The molecule has 0 aliphatic carbocycles. The number of aromatic nitrogens is 1. The Morgan fingerprint density at radius 3 is 2.37 bits per heavy atom. The van der Waals surface area contributed by atoms with Crippen molar-refractivity contribution in [3.8, 4) is 0 Å². The number of hydrogen-bond donors (Lipinski definition) is 1. The maximum absolute atomic E-state index is 14.1. The molecule has 230 valence electrons. The van der Waals surface area contributed by atoms with Gasteiger partial charge in [0.15, 0.2) is 10.4 Å². The summed E-state index contributed by atoms with van der Waals surface area (Å²) < 4.78 is 6.81. The van der Waals surface area contributed by atoms with Crippen LogP contribution < -0.4 is 61.8 Å². The molecule has 4 heterocycles. The molecule has 2 aliphatic heterocycles. The maximum Gasteiger partial charge on any atom is 1.00 e. The predicted molar refractivity (Wildman–Crippen MR) is 172 cm³/mol. The Hall–Kier alpha value is -2.27. The molecule has 2 aromatic heterocycles. The van der Waals surface area contributed by atoms with Gasteiger partial charge in [-0.15, -0.1) is 23.1 Å². The van der Waals surface area contributed by atoms with Crippen LogP contribution in [0.4, 0.5) is 0 Å². The topological polar surface area (TPSA) is 129 Å². The summed E-state index contributed by atoms with van der Waals surface area (Å²) in [5.74, 6) is -2.08. The van der Waals surface area contributed by atoms with E-state index in [9.17, 15) is 24.3 Å².